The Labute approximate surface area is 147 Å². The molecule has 3 nitrogen and oxygen atoms in total. The summed E-state index contributed by atoms with van der Waals surface area (Å²) < 4.78 is 67.2. The Morgan fingerprint density at radius 1 is 1.04 bits per heavy atom. The molecular weight excluding hydrogens is 383 g/mol. The lowest BCUT2D eigenvalue weighted by Gasteiger charge is -2.13. The number of rotatable bonds is 2. The zero-order valence-corrected chi connectivity index (χ0v) is 13.5. The van der Waals surface area contributed by atoms with E-state index in [1.54, 1.807) is 6.07 Å². The lowest BCUT2D eigenvalue weighted by molar-refractivity contribution is -0.113. The van der Waals surface area contributed by atoms with Gasteiger partial charge in [0.05, 0.1) is 22.4 Å². The molecule has 0 bridgehead atoms. The number of carbonyl (C=O) groups excluding carboxylic acids is 1. The van der Waals surface area contributed by atoms with E-state index in [9.17, 15) is 26.7 Å². The van der Waals surface area contributed by atoms with Crippen molar-refractivity contribution in [3.8, 4) is 0 Å². The SMILES string of the molecule is O=C1/C(=C/c2c(F)c(F)c(F)c(F)c2F)SC(=S)N1c1cccnc1. The van der Waals surface area contributed by atoms with Crippen LogP contribution in [-0.4, -0.2) is 15.2 Å². The lowest BCUT2D eigenvalue weighted by atomic mass is 10.1. The molecule has 2 heterocycles. The Bertz CT molecular complexity index is 904. The number of anilines is 1. The molecule has 128 valence electrons. The van der Waals surface area contributed by atoms with Gasteiger partial charge in [-0.1, -0.05) is 24.0 Å². The predicted octanol–water partition coefficient (Wildman–Crippen LogP) is 4.18. The van der Waals surface area contributed by atoms with Crippen LogP contribution in [0.4, 0.5) is 27.6 Å². The highest BCUT2D eigenvalue weighted by molar-refractivity contribution is 8.27. The zero-order valence-electron chi connectivity index (χ0n) is 11.9. The van der Waals surface area contributed by atoms with Crippen molar-refractivity contribution in [2.45, 2.75) is 0 Å². The number of thiocarbonyl (C=S) groups is 1. The van der Waals surface area contributed by atoms with Crippen molar-refractivity contribution >= 4 is 46.0 Å². The van der Waals surface area contributed by atoms with Gasteiger partial charge < -0.3 is 0 Å². The van der Waals surface area contributed by atoms with Crippen molar-refractivity contribution in [2.24, 2.45) is 0 Å². The van der Waals surface area contributed by atoms with Crippen molar-refractivity contribution in [2.75, 3.05) is 4.90 Å². The third-order valence-corrected chi connectivity index (χ3v) is 4.52. The Morgan fingerprint density at radius 2 is 1.64 bits per heavy atom. The number of amides is 1. The summed E-state index contributed by atoms with van der Waals surface area (Å²) in [5.74, 6) is -11.3. The maximum atomic E-state index is 13.8. The fourth-order valence-electron chi connectivity index (χ4n) is 2.06. The van der Waals surface area contributed by atoms with Crippen molar-refractivity contribution < 1.29 is 26.7 Å². The quantitative estimate of drug-likeness (QED) is 0.254. The average molecular weight is 388 g/mol. The van der Waals surface area contributed by atoms with Crippen molar-refractivity contribution in [1.82, 2.24) is 4.98 Å². The van der Waals surface area contributed by atoms with Crippen molar-refractivity contribution in [3.63, 3.8) is 0 Å². The largest absolute Gasteiger partial charge is 0.270 e. The molecule has 25 heavy (non-hydrogen) atoms. The molecule has 3 rings (SSSR count). The van der Waals surface area contributed by atoms with Gasteiger partial charge in [-0.2, -0.15) is 0 Å². The van der Waals surface area contributed by atoms with Gasteiger partial charge in [0, 0.05) is 6.20 Å². The Balaban J connectivity index is 2.07. The molecule has 0 N–H and O–H groups in total. The highest BCUT2D eigenvalue weighted by Crippen LogP contribution is 2.37. The summed E-state index contributed by atoms with van der Waals surface area (Å²) in [4.78, 5) is 17.0. The number of halogens is 5. The zero-order chi connectivity index (χ0) is 18.3. The summed E-state index contributed by atoms with van der Waals surface area (Å²) in [6.07, 6.45) is 3.39. The number of benzene rings is 1. The minimum Gasteiger partial charge on any atom is -0.268 e. The van der Waals surface area contributed by atoms with E-state index in [0.717, 1.165) is 4.90 Å². The molecular formula is C15H5F5N2OS2. The molecule has 0 unspecified atom stereocenters. The van der Waals surface area contributed by atoms with Crippen molar-refractivity contribution in [1.29, 1.82) is 0 Å². The van der Waals surface area contributed by atoms with E-state index in [0.29, 0.717) is 23.5 Å². The molecule has 1 amide bonds. The highest BCUT2D eigenvalue weighted by Gasteiger charge is 2.35. The number of carbonyl (C=O) groups is 1. The number of hydrogen-bond donors (Lipinski definition) is 0. The summed E-state index contributed by atoms with van der Waals surface area (Å²) in [5, 5.41) is 0. The van der Waals surface area contributed by atoms with Gasteiger partial charge in [-0.25, -0.2) is 22.0 Å². The van der Waals surface area contributed by atoms with Crippen molar-refractivity contribution in [3.05, 3.63) is 64.1 Å². The van der Waals surface area contributed by atoms with Crippen LogP contribution in [0.15, 0.2) is 29.4 Å². The molecule has 1 fully saturated rings. The van der Waals surface area contributed by atoms with E-state index in [1.807, 2.05) is 0 Å². The molecule has 1 aromatic carbocycles. The van der Waals surface area contributed by atoms with Crippen LogP contribution in [0.3, 0.4) is 0 Å². The molecule has 1 aromatic heterocycles. The number of nitrogens with zero attached hydrogens (tertiary/aromatic N) is 2. The average Bonchev–Trinajstić information content (AvgIpc) is 2.89. The normalized spacial score (nSPS) is 16.2. The molecule has 1 aliphatic rings. The number of thioether (sulfide) groups is 1. The summed E-state index contributed by atoms with van der Waals surface area (Å²) in [5.41, 5.74) is -0.895. The van der Waals surface area contributed by atoms with E-state index in [-0.39, 0.29) is 9.23 Å². The number of pyridine rings is 1. The van der Waals surface area contributed by atoms with Gasteiger partial charge in [-0.3, -0.25) is 14.7 Å². The van der Waals surface area contributed by atoms with Crippen LogP contribution < -0.4 is 4.90 Å². The second-order valence-corrected chi connectivity index (χ2v) is 6.39. The molecule has 0 radical (unpaired) electrons. The smallest absolute Gasteiger partial charge is 0.268 e. The summed E-state index contributed by atoms with van der Waals surface area (Å²) in [6, 6.07) is 3.07. The minimum absolute atomic E-state index is 0.0353. The van der Waals surface area contributed by atoms with E-state index >= 15 is 0 Å². The van der Waals surface area contributed by atoms with Crippen LogP contribution in [0, 0.1) is 29.1 Å². The first-order valence-electron chi connectivity index (χ1n) is 6.52. The number of hydrogen-bond acceptors (Lipinski definition) is 4. The predicted molar refractivity (Wildman–Crippen MR) is 86.1 cm³/mol. The first-order chi connectivity index (χ1) is 11.8. The Hall–Kier alpha value is -2.33. The molecule has 1 saturated heterocycles. The van der Waals surface area contributed by atoms with Crippen LogP contribution in [0.5, 0.6) is 0 Å². The molecule has 0 spiro atoms. The Kier molecular flexibility index (Phi) is 4.56. The van der Waals surface area contributed by atoms with Gasteiger partial charge in [-0.05, 0) is 18.2 Å². The van der Waals surface area contributed by atoms with Crippen LogP contribution in [0.2, 0.25) is 0 Å². The molecule has 0 atom stereocenters. The van der Waals surface area contributed by atoms with Crippen LogP contribution in [0.1, 0.15) is 5.56 Å². The van der Waals surface area contributed by atoms with E-state index in [4.69, 9.17) is 12.2 Å². The summed E-state index contributed by atoms with van der Waals surface area (Å²) in [7, 11) is 0. The summed E-state index contributed by atoms with van der Waals surface area (Å²) >= 11 is 5.71. The van der Waals surface area contributed by atoms with Gasteiger partial charge in [0.1, 0.15) is 0 Å². The van der Waals surface area contributed by atoms with E-state index in [1.165, 1.54) is 18.5 Å². The minimum atomic E-state index is -2.27. The standard InChI is InChI=1S/C15H5F5N2OS2/c16-9-7(10(17)12(19)13(20)11(9)18)4-8-14(23)22(15(24)25-8)6-2-1-3-21-5-6/h1-5H/b8-4-. The van der Waals surface area contributed by atoms with Gasteiger partial charge in [0.25, 0.3) is 5.91 Å². The van der Waals surface area contributed by atoms with Crippen LogP contribution >= 0.6 is 24.0 Å². The molecule has 2 aromatic rings. The first kappa shape index (κ1) is 17.5. The molecule has 10 heteroatoms. The Morgan fingerprint density at radius 3 is 2.20 bits per heavy atom. The van der Waals surface area contributed by atoms with E-state index < -0.39 is 40.6 Å². The van der Waals surface area contributed by atoms with Crippen LogP contribution in [-0.2, 0) is 4.79 Å². The lowest BCUT2D eigenvalue weighted by Crippen LogP contribution is -2.27. The highest BCUT2D eigenvalue weighted by atomic mass is 32.2. The van der Waals surface area contributed by atoms with Gasteiger partial charge in [-0.15, -0.1) is 0 Å². The maximum absolute atomic E-state index is 13.8. The molecule has 1 aliphatic heterocycles. The number of aromatic nitrogens is 1. The van der Waals surface area contributed by atoms with Crippen LogP contribution in [0.25, 0.3) is 6.08 Å². The van der Waals surface area contributed by atoms with E-state index in [2.05, 4.69) is 4.98 Å². The second-order valence-electron chi connectivity index (χ2n) is 4.71. The fourth-order valence-corrected chi connectivity index (χ4v) is 3.34. The maximum Gasteiger partial charge on any atom is 0.270 e. The monoisotopic (exact) mass is 388 g/mol. The topological polar surface area (TPSA) is 33.2 Å². The van der Waals surface area contributed by atoms with Gasteiger partial charge >= 0.3 is 0 Å². The van der Waals surface area contributed by atoms with Gasteiger partial charge in [0.2, 0.25) is 5.82 Å². The second kappa shape index (κ2) is 6.52. The third kappa shape index (κ3) is 2.91. The van der Waals surface area contributed by atoms with Gasteiger partial charge in [0.15, 0.2) is 27.6 Å². The molecule has 0 saturated carbocycles. The first-order valence-corrected chi connectivity index (χ1v) is 7.74. The molecule has 0 aliphatic carbocycles. The summed E-state index contributed by atoms with van der Waals surface area (Å²) in [6.45, 7) is 0. The fraction of sp³-hybridized carbons (Fsp3) is 0. The third-order valence-electron chi connectivity index (χ3n) is 3.22.